The second-order valence-corrected chi connectivity index (χ2v) is 8.26. The number of carbonyl (C=O) groups excluding carboxylic acids is 1. The van der Waals surface area contributed by atoms with Crippen LogP contribution in [0.4, 0.5) is 0 Å². The van der Waals surface area contributed by atoms with Crippen LogP contribution >= 0.6 is 11.3 Å². The van der Waals surface area contributed by atoms with Gasteiger partial charge in [-0.25, -0.2) is 8.42 Å². The molecule has 1 saturated heterocycles. The van der Waals surface area contributed by atoms with E-state index in [2.05, 4.69) is 0 Å². The zero-order valence-corrected chi connectivity index (χ0v) is 14.1. The minimum atomic E-state index is -3.44. The zero-order chi connectivity index (χ0) is 15.5. The standard InChI is InChI=1S/C14H22N2O3S2/c1-3-15(4-2)14(17)12-7-5-9-16(11-12)21(18,19)13-8-6-10-20-13/h6,8,10,12H,3-5,7,9,11H2,1-2H3. The van der Waals surface area contributed by atoms with E-state index >= 15 is 0 Å². The molecule has 1 fully saturated rings. The van der Waals surface area contributed by atoms with E-state index in [4.69, 9.17) is 0 Å². The van der Waals surface area contributed by atoms with Crippen LogP contribution in [0.25, 0.3) is 0 Å². The maximum Gasteiger partial charge on any atom is 0.252 e. The largest absolute Gasteiger partial charge is 0.343 e. The summed E-state index contributed by atoms with van der Waals surface area (Å²) in [5, 5.41) is 1.76. The Hall–Kier alpha value is -0.920. The molecule has 0 aliphatic carbocycles. The lowest BCUT2D eigenvalue weighted by molar-refractivity contribution is -0.136. The van der Waals surface area contributed by atoms with Crippen LogP contribution in [0.3, 0.4) is 0 Å². The van der Waals surface area contributed by atoms with Crippen LogP contribution in [-0.4, -0.2) is 49.7 Å². The highest BCUT2D eigenvalue weighted by Gasteiger charge is 2.34. The van der Waals surface area contributed by atoms with Crippen molar-refractivity contribution in [2.45, 2.75) is 30.9 Å². The lowest BCUT2D eigenvalue weighted by Gasteiger charge is -2.33. The van der Waals surface area contributed by atoms with E-state index < -0.39 is 10.0 Å². The van der Waals surface area contributed by atoms with Crippen LogP contribution < -0.4 is 0 Å². The number of thiophene rings is 1. The van der Waals surface area contributed by atoms with E-state index in [-0.39, 0.29) is 11.8 Å². The van der Waals surface area contributed by atoms with Crippen molar-refractivity contribution in [1.29, 1.82) is 0 Å². The molecule has 1 unspecified atom stereocenters. The first kappa shape index (κ1) is 16.5. The molecule has 7 heteroatoms. The van der Waals surface area contributed by atoms with Gasteiger partial charge in [-0.3, -0.25) is 4.79 Å². The molecule has 1 aromatic heterocycles. The van der Waals surface area contributed by atoms with Crippen LogP contribution in [0, 0.1) is 5.92 Å². The topological polar surface area (TPSA) is 57.7 Å². The molecule has 2 rings (SSSR count). The van der Waals surface area contributed by atoms with Crippen molar-refractivity contribution in [3.63, 3.8) is 0 Å². The SMILES string of the molecule is CCN(CC)C(=O)C1CCCN(S(=O)(=O)c2cccs2)C1. The quantitative estimate of drug-likeness (QED) is 0.830. The summed E-state index contributed by atoms with van der Waals surface area (Å²) in [6.45, 7) is 6.04. The summed E-state index contributed by atoms with van der Waals surface area (Å²) in [5.74, 6) is -0.139. The summed E-state index contributed by atoms with van der Waals surface area (Å²) in [7, 11) is -3.44. The van der Waals surface area contributed by atoms with Crippen molar-refractivity contribution in [2.75, 3.05) is 26.2 Å². The second kappa shape index (κ2) is 6.89. The van der Waals surface area contributed by atoms with E-state index in [1.165, 1.54) is 15.6 Å². The number of nitrogens with zero attached hydrogens (tertiary/aromatic N) is 2. The maximum atomic E-state index is 12.5. The number of amides is 1. The molecule has 5 nitrogen and oxygen atoms in total. The number of hydrogen-bond acceptors (Lipinski definition) is 4. The predicted octanol–water partition coefficient (Wildman–Crippen LogP) is 2.02. The Morgan fingerprint density at radius 3 is 2.71 bits per heavy atom. The molecular weight excluding hydrogens is 308 g/mol. The van der Waals surface area contributed by atoms with Gasteiger partial charge in [0.2, 0.25) is 5.91 Å². The number of hydrogen-bond donors (Lipinski definition) is 0. The molecular formula is C14H22N2O3S2. The molecule has 1 amide bonds. The molecule has 118 valence electrons. The average Bonchev–Trinajstić information content (AvgIpc) is 3.03. The molecule has 2 heterocycles. The number of sulfonamides is 1. The Kier molecular flexibility index (Phi) is 5.40. The molecule has 0 saturated carbocycles. The summed E-state index contributed by atoms with van der Waals surface area (Å²) in [6.07, 6.45) is 1.51. The fourth-order valence-electron chi connectivity index (χ4n) is 2.69. The van der Waals surface area contributed by atoms with Crippen molar-refractivity contribution in [1.82, 2.24) is 9.21 Å². The van der Waals surface area contributed by atoms with Gasteiger partial charge in [0.05, 0.1) is 5.92 Å². The van der Waals surface area contributed by atoms with Gasteiger partial charge in [0.25, 0.3) is 10.0 Å². The van der Waals surface area contributed by atoms with Crippen molar-refractivity contribution >= 4 is 27.3 Å². The van der Waals surface area contributed by atoms with Crippen LogP contribution in [-0.2, 0) is 14.8 Å². The molecule has 0 aromatic carbocycles. The second-order valence-electron chi connectivity index (χ2n) is 5.14. The molecule has 1 atom stereocenters. The van der Waals surface area contributed by atoms with Gasteiger partial charge in [0.15, 0.2) is 0 Å². The summed E-state index contributed by atoms with van der Waals surface area (Å²) < 4.78 is 26.9. The molecule has 21 heavy (non-hydrogen) atoms. The fraction of sp³-hybridized carbons (Fsp3) is 0.643. The number of carbonyl (C=O) groups is 1. The third-order valence-corrected chi connectivity index (χ3v) is 7.14. The van der Waals surface area contributed by atoms with E-state index in [9.17, 15) is 13.2 Å². The van der Waals surface area contributed by atoms with Gasteiger partial charge in [-0.2, -0.15) is 4.31 Å². The van der Waals surface area contributed by atoms with E-state index in [1.54, 1.807) is 22.4 Å². The van der Waals surface area contributed by atoms with Gasteiger partial charge in [-0.05, 0) is 38.1 Å². The Balaban J connectivity index is 2.13. The van der Waals surface area contributed by atoms with Gasteiger partial charge in [0, 0.05) is 26.2 Å². The molecule has 1 aromatic rings. The van der Waals surface area contributed by atoms with Gasteiger partial charge in [0.1, 0.15) is 4.21 Å². The summed E-state index contributed by atoms with van der Waals surface area (Å²) in [6, 6.07) is 3.36. The van der Waals surface area contributed by atoms with Crippen LogP contribution in [0.5, 0.6) is 0 Å². The number of piperidine rings is 1. The zero-order valence-electron chi connectivity index (χ0n) is 12.5. The first-order chi connectivity index (χ1) is 10.0. The normalized spacial score (nSPS) is 20.4. The third-order valence-electron chi connectivity index (χ3n) is 3.90. The fourth-order valence-corrected chi connectivity index (χ4v) is 5.36. The Bertz CT molecular complexity index is 565. The van der Waals surface area contributed by atoms with E-state index in [1.807, 2.05) is 13.8 Å². The molecule has 0 N–H and O–H groups in total. The monoisotopic (exact) mass is 330 g/mol. The highest BCUT2D eigenvalue weighted by Crippen LogP contribution is 2.27. The van der Waals surface area contributed by atoms with Crippen molar-refractivity contribution in [3.8, 4) is 0 Å². The first-order valence-corrected chi connectivity index (χ1v) is 9.65. The summed E-state index contributed by atoms with van der Waals surface area (Å²) in [4.78, 5) is 14.2. The van der Waals surface area contributed by atoms with Crippen LogP contribution in [0.1, 0.15) is 26.7 Å². The van der Waals surface area contributed by atoms with Gasteiger partial charge in [-0.1, -0.05) is 6.07 Å². The lowest BCUT2D eigenvalue weighted by atomic mass is 9.98. The molecule has 0 radical (unpaired) electrons. The maximum absolute atomic E-state index is 12.5. The Morgan fingerprint density at radius 2 is 2.14 bits per heavy atom. The Labute approximate surface area is 130 Å². The average molecular weight is 330 g/mol. The minimum absolute atomic E-state index is 0.0751. The van der Waals surface area contributed by atoms with Gasteiger partial charge < -0.3 is 4.90 Å². The van der Waals surface area contributed by atoms with E-state index in [0.717, 1.165) is 12.8 Å². The molecule has 0 spiro atoms. The molecule has 1 aliphatic heterocycles. The summed E-state index contributed by atoms with van der Waals surface area (Å²) in [5.41, 5.74) is 0. The lowest BCUT2D eigenvalue weighted by Crippen LogP contribution is -2.46. The highest BCUT2D eigenvalue weighted by atomic mass is 32.2. The van der Waals surface area contributed by atoms with E-state index in [0.29, 0.717) is 30.4 Å². The van der Waals surface area contributed by atoms with Crippen LogP contribution in [0.2, 0.25) is 0 Å². The summed E-state index contributed by atoms with van der Waals surface area (Å²) >= 11 is 1.22. The number of rotatable bonds is 5. The minimum Gasteiger partial charge on any atom is -0.343 e. The molecule has 1 aliphatic rings. The van der Waals surface area contributed by atoms with Crippen LogP contribution in [0.15, 0.2) is 21.7 Å². The smallest absolute Gasteiger partial charge is 0.252 e. The van der Waals surface area contributed by atoms with Gasteiger partial charge in [-0.15, -0.1) is 11.3 Å². The van der Waals surface area contributed by atoms with Gasteiger partial charge >= 0.3 is 0 Å². The molecule has 0 bridgehead atoms. The highest BCUT2D eigenvalue weighted by molar-refractivity contribution is 7.91. The predicted molar refractivity (Wildman–Crippen MR) is 83.7 cm³/mol. The first-order valence-electron chi connectivity index (χ1n) is 7.33. The van der Waals surface area contributed by atoms with Crippen molar-refractivity contribution in [3.05, 3.63) is 17.5 Å². The van der Waals surface area contributed by atoms with Crippen molar-refractivity contribution < 1.29 is 13.2 Å². The third kappa shape index (κ3) is 3.46. The van der Waals surface area contributed by atoms with Crippen molar-refractivity contribution in [2.24, 2.45) is 5.92 Å². The Morgan fingerprint density at radius 1 is 1.43 bits per heavy atom.